The van der Waals surface area contributed by atoms with E-state index in [1.165, 1.54) is 17.7 Å². The number of likely N-dealkylation sites (N-methyl/N-ethyl adjacent to an activating group) is 1. The molecule has 6 rings (SSSR count). The standard InChI is InChI=1S/C17H21NO3.C17H22NO.C11H8O3/c1-12(17(21)14-4-8-16(20)9-5-14)18-11-10-13-2-6-15(19)7-3-13;1-18(2,15-16-9-5-3-6-10-16)13-14-19-17-11-7-4-8-12-17;12-10-6-8-4-2-1-3-7(8)5-9(10)11(13)14/h2-9,12,17-21H,10-11H2,1H3;3-12H,13-15H2,1-2H3;1-6,12H,(H,13,14)/q;+1;/p-1/t12-,17-;;/m0../s1. The quantitative estimate of drug-likeness (QED) is 0.0780. The lowest BCUT2D eigenvalue weighted by Gasteiger charge is -2.29. The van der Waals surface area contributed by atoms with Crippen LogP contribution in [0.15, 0.2) is 146 Å². The number of para-hydroxylation sites is 1. The van der Waals surface area contributed by atoms with E-state index in [-0.39, 0.29) is 23.1 Å². The second-order valence-electron chi connectivity index (χ2n) is 13.7. The van der Waals surface area contributed by atoms with Gasteiger partial charge in [0.05, 0.1) is 25.8 Å². The normalized spacial score (nSPS) is 12.0. The molecule has 0 fully saturated rings. The zero-order chi connectivity index (χ0) is 38.9. The number of fused-ring (bicyclic) bond motifs is 1. The number of hydrogen-bond donors (Lipinski definition) is 5. The first-order valence-corrected chi connectivity index (χ1v) is 17.9. The molecule has 0 aliphatic carbocycles. The number of aliphatic hydroxyl groups excluding tert-OH is 1. The number of phenolic OH excluding ortho intramolecular Hbond substituents is 2. The smallest absolute Gasteiger partial charge is 0.335 e. The third-order valence-corrected chi connectivity index (χ3v) is 8.76. The van der Waals surface area contributed by atoms with Gasteiger partial charge in [-0.3, -0.25) is 0 Å². The number of rotatable bonds is 13. The summed E-state index contributed by atoms with van der Waals surface area (Å²) in [5, 5.41) is 53.5. The van der Waals surface area contributed by atoms with Crippen molar-refractivity contribution in [3.8, 4) is 23.0 Å². The molecule has 9 heteroatoms. The SMILES string of the molecule is C[C@H](NCCc1ccc(O)cc1)[C@H](O)c1ccc(O)cc1.C[N+](C)(CCOc1ccccc1)Cc1ccccc1.O=C(O)c1cc2ccccc2cc1[O-]. The van der Waals surface area contributed by atoms with E-state index in [9.17, 15) is 25.2 Å². The predicted molar refractivity (Wildman–Crippen MR) is 212 cm³/mol. The Bertz CT molecular complexity index is 2000. The van der Waals surface area contributed by atoms with Crippen LogP contribution in [0.2, 0.25) is 0 Å². The molecule has 0 saturated carbocycles. The molecular weight excluding hydrogens is 681 g/mol. The number of phenols is 2. The Morgan fingerprint density at radius 1 is 0.741 bits per heavy atom. The highest BCUT2D eigenvalue weighted by Gasteiger charge is 2.16. The molecule has 0 aliphatic rings. The maximum absolute atomic E-state index is 11.3. The Kier molecular flexibility index (Phi) is 15.4. The largest absolute Gasteiger partial charge is 0.872 e. The van der Waals surface area contributed by atoms with Gasteiger partial charge in [-0.05, 0) is 84.3 Å². The Hall–Kier alpha value is -5.87. The van der Waals surface area contributed by atoms with Crippen LogP contribution in [0, 0.1) is 0 Å². The summed E-state index contributed by atoms with van der Waals surface area (Å²) >= 11 is 0. The van der Waals surface area contributed by atoms with Crippen LogP contribution in [0.3, 0.4) is 0 Å². The molecular formula is C45H50N2O7. The number of hydrogen-bond acceptors (Lipinski definition) is 7. The van der Waals surface area contributed by atoms with Gasteiger partial charge in [0.25, 0.3) is 0 Å². The summed E-state index contributed by atoms with van der Waals surface area (Å²) in [6, 6.07) is 44.1. The van der Waals surface area contributed by atoms with Crippen LogP contribution >= 0.6 is 0 Å². The van der Waals surface area contributed by atoms with Gasteiger partial charge >= 0.3 is 5.97 Å². The lowest BCUT2D eigenvalue weighted by Crippen LogP contribution is -2.41. The van der Waals surface area contributed by atoms with E-state index in [0.717, 1.165) is 64.8 Å². The minimum atomic E-state index is -1.18. The molecule has 6 aromatic carbocycles. The summed E-state index contributed by atoms with van der Waals surface area (Å²) in [7, 11) is 4.47. The molecule has 0 aliphatic heterocycles. The van der Waals surface area contributed by atoms with E-state index in [4.69, 9.17) is 9.84 Å². The lowest BCUT2D eigenvalue weighted by atomic mass is 10.0. The number of carboxylic acids is 1. The summed E-state index contributed by atoms with van der Waals surface area (Å²) in [4.78, 5) is 10.7. The Morgan fingerprint density at radius 2 is 1.28 bits per heavy atom. The Balaban J connectivity index is 0.000000184. The van der Waals surface area contributed by atoms with Gasteiger partial charge in [-0.2, -0.15) is 0 Å². The number of aromatic carboxylic acids is 1. The molecule has 0 spiro atoms. The maximum Gasteiger partial charge on any atom is 0.335 e. The average molecular weight is 731 g/mol. The van der Waals surface area contributed by atoms with Crippen molar-refractivity contribution in [2.24, 2.45) is 0 Å². The number of nitrogens with one attached hydrogen (secondary N) is 1. The first-order valence-electron chi connectivity index (χ1n) is 17.9. The molecule has 0 amide bonds. The van der Waals surface area contributed by atoms with Crippen LogP contribution in [-0.2, 0) is 13.0 Å². The second kappa shape index (κ2) is 20.4. The molecule has 54 heavy (non-hydrogen) atoms. The molecule has 2 atom stereocenters. The number of benzene rings is 6. The van der Waals surface area contributed by atoms with E-state index < -0.39 is 17.8 Å². The zero-order valence-corrected chi connectivity index (χ0v) is 31.0. The molecule has 5 N–H and O–H groups in total. The number of nitrogens with zero attached hydrogens (tertiary/aromatic N) is 1. The number of quaternary nitrogens is 1. The van der Waals surface area contributed by atoms with Crippen LogP contribution in [-0.4, -0.2) is 70.7 Å². The van der Waals surface area contributed by atoms with E-state index >= 15 is 0 Å². The van der Waals surface area contributed by atoms with E-state index in [0.29, 0.717) is 0 Å². The number of ether oxygens (including phenoxy) is 1. The molecule has 0 saturated heterocycles. The zero-order valence-electron chi connectivity index (χ0n) is 31.0. The van der Waals surface area contributed by atoms with Gasteiger partial charge in [-0.25, -0.2) is 4.79 Å². The average Bonchev–Trinajstić information content (AvgIpc) is 3.16. The monoisotopic (exact) mass is 730 g/mol. The molecule has 6 aromatic rings. The van der Waals surface area contributed by atoms with E-state index in [2.05, 4.69) is 49.7 Å². The molecule has 9 nitrogen and oxygen atoms in total. The molecule has 0 aromatic heterocycles. The fourth-order valence-corrected chi connectivity index (χ4v) is 5.65. The molecule has 0 heterocycles. The van der Waals surface area contributed by atoms with Crippen LogP contribution in [0.25, 0.3) is 10.8 Å². The summed E-state index contributed by atoms with van der Waals surface area (Å²) in [5.74, 6) is -0.221. The third-order valence-electron chi connectivity index (χ3n) is 8.76. The van der Waals surface area contributed by atoms with Crippen LogP contribution < -0.4 is 15.2 Å². The number of aliphatic hydroxyl groups is 1. The molecule has 0 bridgehead atoms. The summed E-state index contributed by atoms with van der Waals surface area (Å²) in [5.41, 5.74) is 3.10. The molecule has 282 valence electrons. The van der Waals surface area contributed by atoms with Crippen molar-refractivity contribution in [1.82, 2.24) is 5.32 Å². The highest BCUT2D eigenvalue weighted by Crippen LogP contribution is 2.23. The van der Waals surface area contributed by atoms with Crippen molar-refractivity contribution < 1.29 is 39.5 Å². The lowest BCUT2D eigenvalue weighted by molar-refractivity contribution is -0.903. The second-order valence-corrected chi connectivity index (χ2v) is 13.7. The Labute approximate surface area is 317 Å². The van der Waals surface area contributed by atoms with Crippen molar-refractivity contribution in [1.29, 1.82) is 0 Å². The third kappa shape index (κ3) is 13.6. The fourth-order valence-electron chi connectivity index (χ4n) is 5.65. The van der Waals surface area contributed by atoms with Crippen LogP contribution in [0.5, 0.6) is 23.0 Å². The fraction of sp³-hybridized carbons (Fsp3) is 0.222. The summed E-state index contributed by atoms with van der Waals surface area (Å²) < 4.78 is 6.69. The highest BCUT2D eigenvalue weighted by atomic mass is 16.5. The van der Waals surface area contributed by atoms with Gasteiger partial charge in [0.15, 0.2) is 0 Å². The molecule has 0 radical (unpaired) electrons. The van der Waals surface area contributed by atoms with Gasteiger partial charge in [0.1, 0.15) is 36.9 Å². The van der Waals surface area contributed by atoms with E-state index in [1.54, 1.807) is 54.6 Å². The maximum atomic E-state index is 11.3. The summed E-state index contributed by atoms with van der Waals surface area (Å²) in [6.07, 6.45) is 0.206. The predicted octanol–water partition coefficient (Wildman–Crippen LogP) is 7.31. The van der Waals surface area contributed by atoms with Crippen molar-refractivity contribution in [3.05, 3.63) is 168 Å². The Morgan fingerprint density at radius 3 is 1.87 bits per heavy atom. The number of aromatic hydroxyl groups is 2. The van der Waals surface area contributed by atoms with Gasteiger partial charge in [0.2, 0.25) is 0 Å². The van der Waals surface area contributed by atoms with Crippen molar-refractivity contribution in [2.45, 2.75) is 32.0 Å². The topological polar surface area (TPSA) is 142 Å². The molecule has 0 unspecified atom stereocenters. The van der Waals surface area contributed by atoms with E-state index in [1.807, 2.05) is 55.5 Å². The van der Waals surface area contributed by atoms with Gasteiger partial charge in [0, 0.05) is 11.6 Å². The van der Waals surface area contributed by atoms with Crippen molar-refractivity contribution in [2.75, 3.05) is 33.8 Å². The highest BCUT2D eigenvalue weighted by molar-refractivity contribution is 5.97. The van der Waals surface area contributed by atoms with Crippen molar-refractivity contribution in [3.63, 3.8) is 0 Å². The first-order chi connectivity index (χ1) is 25.9. The van der Waals surface area contributed by atoms with Gasteiger partial charge in [-0.1, -0.05) is 109 Å². The minimum Gasteiger partial charge on any atom is -0.872 e. The van der Waals surface area contributed by atoms with Gasteiger partial charge < -0.3 is 40.1 Å². The first kappa shape index (κ1) is 40.9. The number of carboxylic acid groups (broad SMARTS) is 1. The summed E-state index contributed by atoms with van der Waals surface area (Å²) in [6.45, 7) is 5.42. The van der Waals surface area contributed by atoms with Crippen LogP contribution in [0.4, 0.5) is 0 Å². The van der Waals surface area contributed by atoms with Crippen molar-refractivity contribution >= 4 is 16.7 Å². The van der Waals surface area contributed by atoms with Gasteiger partial charge in [-0.15, -0.1) is 0 Å². The number of carbonyl (C=O) groups is 1. The van der Waals surface area contributed by atoms with Crippen LogP contribution in [0.1, 0.15) is 40.1 Å². The minimum absolute atomic E-state index is 0.0911.